The predicted octanol–water partition coefficient (Wildman–Crippen LogP) is 2.87. The van der Waals surface area contributed by atoms with Crippen molar-refractivity contribution < 1.29 is 4.79 Å². The normalized spacial score (nSPS) is 15.1. The number of likely N-dealkylation sites (N-methyl/N-ethyl adjacent to an activating group) is 1. The van der Waals surface area contributed by atoms with Gasteiger partial charge in [0.15, 0.2) is 0 Å². The molecule has 7 heteroatoms. The van der Waals surface area contributed by atoms with Crippen molar-refractivity contribution in [2.24, 2.45) is 5.73 Å². The molecule has 0 atom stereocenters. The summed E-state index contributed by atoms with van der Waals surface area (Å²) >= 11 is 0. The van der Waals surface area contributed by atoms with Gasteiger partial charge in [-0.1, -0.05) is 0 Å². The number of benzene rings is 1. The summed E-state index contributed by atoms with van der Waals surface area (Å²) in [6, 6.07) is 12.4. The fourth-order valence-corrected chi connectivity index (χ4v) is 4.26. The Morgan fingerprint density at radius 1 is 1.13 bits per heavy atom. The highest BCUT2D eigenvalue weighted by atomic mass is 16.1. The Hall–Kier alpha value is -3.45. The molecule has 0 spiro atoms. The SMILES string of the molecule is Cc1ccc(-c2cc(CC(N)=O)c3[nH]c4cc(N5CCN(C)CC5)ccc4c3n2)cn1. The molecule has 0 bridgehead atoms. The monoisotopic (exact) mass is 414 g/mol. The third-order valence-corrected chi connectivity index (χ3v) is 6.06. The highest BCUT2D eigenvalue weighted by molar-refractivity contribution is 6.08. The van der Waals surface area contributed by atoms with Crippen LogP contribution in [-0.4, -0.2) is 59.0 Å². The van der Waals surface area contributed by atoms with Crippen LogP contribution >= 0.6 is 0 Å². The minimum Gasteiger partial charge on any atom is -0.369 e. The van der Waals surface area contributed by atoms with Gasteiger partial charge in [0.2, 0.25) is 5.91 Å². The largest absolute Gasteiger partial charge is 0.369 e. The van der Waals surface area contributed by atoms with Crippen molar-refractivity contribution in [3.63, 3.8) is 0 Å². The number of primary amides is 1. The van der Waals surface area contributed by atoms with Gasteiger partial charge in [0.25, 0.3) is 0 Å². The van der Waals surface area contributed by atoms with Crippen molar-refractivity contribution in [3.8, 4) is 11.3 Å². The molecule has 1 aliphatic rings. The first-order valence-electron chi connectivity index (χ1n) is 10.6. The first-order valence-corrected chi connectivity index (χ1v) is 10.6. The second kappa shape index (κ2) is 7.67. The van der Waals surface area contributed by atoms with Crippen LogP contribution in [0.25, 0.3) is 33.2 Å². The number of pyridine rings is 2. The van der Waals surface area contributed by atoms with E-state index in [1.54, 1.807) is 0 Å². The van der Waals surface area contributed by atoms with Gasteiger partial charge in [0.1, 0.15) is 0 Å². The van der Waals surface area contributed by atoms with Gasteiger partial charge in [-0.15, -0.1) is 0 Å². The molecule has 7 nitrogen and oxygen atoms in total. The van der Waals surface area contributed by atoms with Gasteiger partial charge in [0, 0.05) is 54.7 Å². The third-order valence-electron chi connectivity index (χ3n) is 6.06. The zero-order valence-electron chi connectivity index (χ0n) is 17.9. The van der Waals surface area contributed by atoms with Crippen LogP contribution in [0, 0.1) is 6.92 Å². The number of hydrogen-bond donors (Lipinski definition) is 2. The van der Waals surface area contributed by atoms with Crippen LogP contribution in [0.2, 0.25) is 0 Å². The third kappa shape index (κ3) is 3.72. The number of fused-ring (bicyclic) bond motifs is 3. The van der Waals surface area contributed by atoms with Crippen LogP contribution < -0.4 is 10.6 Å². The second-order valence-electron chi connectivity index (χ2n) is 8.37. The fraction of sp³-hybridized carbons (Fsp3) is 0.292. The van der Waals surface area contributed by atoms with E-state index in [1.165, 1.54) is 5.69 Å². The maximum Gasteiger partial charge on any atom is 0.221 e. The Kier molecular flexibility index (Phi) is 4.82. The number of amides is 1. The average molecular weight is 415 g/mol. The number of rotatable bonds is 4. The molecule has 0 radical (unpaired) electrons. The predicted molar refractivity (Wildman–Crippen MR) is 124 cm³/mol. The van der Waals surface area contributed by atoms with Gasteiger partial charge < -0.3 is 20.5 Å². The Bertz CT molecular complexity index is 1270. The molecular weight excluding hydrogens is 388 g/mol. The molecule has 1 fully saturated rings. The average Bonchev–Trinajstić information content (AvgIpc) is 3.12. The van der Waals surface area contributed by atoms with Gasteiger partial charge in [0.05, 0.1) is 28.7 Å². The number of hydrogen-bond acceptors (Lipinski definition) is 5. The van der Waals surface area contributed by atoms with E-state index in [-0.39, 0.29) is 12.3 Å². The molecule has 1 amide bonds. The molecule has 0 saturated carbocycles. The topological polar surface area (TPSA) is 91.1 Å². The number of nitrogens with zero attached hydrogens (tertiary/aromatic N) is 4. The molecule has 1 aromatic carbocycles. The van der Waals surface area contributed by atoms with E-state index >= 15 is 0 Å². The van der Waals surface area contributed by atoms with E-state index in [9.17, 15) is 4.79 Å². The summed E-state index contributed by atoms with van der Waals surface area (Å²) in [5.74, 6) is -0.364. The summed E-state index contributed by atoms with van der Waals surface area (Å²) < 4.78 is 0. The van der Waals surface area contributed by atoms with Crippen LogP contribution in [0.4, 0.5) is 5.69 Å². The first-order chi connectivity index (χ1) is 15.0. The van der Waals surface area contributed by atoms with Gasteiger partial charge in [-0.05, 0) is 55.9 Å². The van der Waals surface area contributed by atoms with Crippen molar-refractivity contribution in [3.05, 3.63) is 53.9 Å². The van der Waals surface area contributed by atoms with Crippen molar-refractivity contribution in [1.82, 2.24) is 19.9 Å². The van der Waals surface area contributed by atoms with E-state index in [0.29, 0.717) is 0 Å². The number of aryl methyl sites for hydroxylation is 1. The molecule has 0 aliphatic carbocycles. The number of carbonyl (C=O) groups excluding carboxylic acids is 1. The van der Waals surface area contributed by atoms with Crippen molar-refractivity contribution in [2.45, 2.75) is 13.3 Å². The molecular formula is C24H26N6O. The summed E-state index contributed by atoms with van der Waals surface area (Å²) in [7, 11) is 2.16. The van der Waals surface area contributed by atoms with E-state index in [4.69, 9.17) is 10.7 Å². The number of nitrogens with two attached hydrogens (primary N) is 1. The molecule has 3 N–H and O–H groups in total. The van der Waals surface area contributed by atoms with Crippen LogP contribution in [0.5, 0.6) is 0 Å². The van der Waals surface area contributed by atoms with E-state index in [2.05, 4.69) is 45.0 Å². The van der Waals surface area contributed by atoms with Gasteiger partial charge in [-0.2, -0.15) is 0 Å². The number of anilines is 1. The van der Waals surface area contributed by atoms with Crippen LogP contribution in [0.15, 0.2) is 42.6 Å². The van der Waals surface area contributed by atoms with E-state index in [1.807, 2.05) is 31.3 Å². The Balaban J connectivity index is 1.64. The molecule has 4 aromatic rings. The number of piperazine rings is 1. The first kappa shape index (κ1) is 19.5. The molecule has 5 rings (SSSR count). The minimum atomic E-state index is -0.364. The number of carbonyl (C=O) groups is 1. The van der Waals surface area contributed by atoms with E-state index < -0.39 is 0 Å². The zero-order valence-corrected chi connectivity index (χ0v) is 17.9. The highest BCUT2D eigenvalue weighted by Crippen LogP contribution is 2.32. The standard InChI is InChI=1S/C24H26N6O/c1-15-3-4-16(14-26-15)20-11-17(12-22(25)31)23-24(27-20)19-6-5-18(13-21(19)28-23)30-9-7-29(2)8-10-30/h3-6,11,13-14,28H,7-10,12H2,1-2H3,(H2,25,31). The fourth-order valence-electron chi connectivity index (χ4n) is 4.26. The molecule has 1 saturated heterocycles. The lowest BCUT2D eigenvalue weighted by Crippen LogP contribution is -2.44. The van der Waals surface area contributed by atoms with Crippen molar-refractivity contribution in [2.75, 3.05) is 38.1 Å². The second-order valence-corrected chi connectivity index (χ2v) is 8.37. The van der Waals surface area contributed by atoms with Gasteiger partial charge in [-0.25, -0.2) is 4.98 Å². The maximum absolute atomic E-state index is 11.8. The molecule has 31 heavy (non-hydrogen) atoms. The number of aromatic nitrogens is 3. The summed E-state index contributed by atoms with van der Waals surface area (Å²) in [6.07, 6.45) is 1.97. The number of H-pyrrole nitrogens is 1. The quantitative estimate of drug-likeness (QED) is 0.536. The Labute approximate surface area is 180 Å². The van der Waals surface area contributed by atoms with Crippen LogP contribution in [0.1, 0.15) is 11.3 Å². The summed E-state index contributed by atoms with van der Waals surface area (Å²) in [5, 5.41) is 1.04. The molecule has 0 unspecified atom stereocenters. The Morgan fingerprint density at radius 2 is 1.94 bits per heavy atom. The lowest BCUT2D eigenvalue weighted by Gasteiger charge is -2.34. The maximum atomic E-state index is 11.8. The van der Waals surface area contributed by atoms with E-state index in [0.717, 1.165) is 70.6 Å². The molecule has 3 aromatic heterocycles. The van der Waals surface area contributed by atoms with Gasteiger partial charge >= 0.3 is 0 Å². The summed E-state index contributed by atoms with van der Waals surface area (Å²) in [5.41, 5.74) is 13.0. The Morgan fingerprint density at radius 3 is 2.65 bits per heavy atom. The minimum absolute atomic E-state index is 0.156. The summed E-state index contributed by atoms with van der Waals surface area (Å²) in [6.45, 7) is 6.10. The lowest BCUT2D eigenvalue weighted by atomic mass is 10.1. The van der Waals surface area contributed by atoms with Gasteiger partial charge in [-0.3, -0.25) is 9.78 Å². The van der Waals surface area contributed by atoms with Crippen molar-refractivity contribution >= 4 is 33.5 Å². The number of nitrogens with one attached hydrogen (secondary N) is 1. The van der Waals surface area contributed by atoms with Crippen LogP contribution in [0.3, 0.4) is 0 Å². The molecule has 1 aliphatic heterocycles. The smallest absolute Gasteiger partial charge is 0.221 e. The number of aromatic amines is 1. The van der Waals surface area contributed by atoms with Crippen LogP contribution in [-0.2, 0) is 11.2 Å². The lowest BCUT2D eigenvalue weighted by molar-refractivity contribution is -0.117. The van der Waals surface area contributed by atoms with Crippen molar-refractivity contribution in [1.29, 1.82) is 0 Å². The zero-order chi connectivity index (χ0) is 21.5. The highest BCUT2D eigenvalue weighted by Gasteiger charge is 2.18. The molecule has 4 heterocycles. The summed E-state index contributed by atoms with van der Waals surface area (Å²) in [4.78, 5) is 29.4. The molecule has 158 valence electrons.